The molecule has 2 aromatic heterocycles. The van der Waals surface area contributed by atoms with Crippen LogP contribution in [0.5, 0.6) is 5.75 Å². The van der Waals surface area contributed by atoms with Gasteiger partial charge in [-0.05, 0) is 104 Å². The van der Waals surface area contributed by atoms with Crippen molar-refractivity contribution in [3.05, 3.63) is 158 Å². The van der Waals surface area contributed by atoms with Gasteiger partial charge in [0.1, 0.15) is 5.82 Å². The van der Waals surface area contributed by atoms with Crippen LogP contribution in [0.3, 0.4) is 0 Å². The fourth-order valence-corrected chi connectivity index (χ4v) is 6.80. The van der Waals surface area contributed by atoms with Gasteiger partial charge < -0.3 is 5.11 Å². The predicted molar refractivity (Wildman–Crippen MR) is 186 cm³/mol. The molecule has 0 spiro atoms. The van der Waals surface area contributed by atoms with Gasteiger partial charge in [0.15, 0.2) is 6.20 Å². The molecule has 4 nitrogen and oxygen atoms in total. The average molecular weight is 597 g/mol. The maximum absolute atomic E-state index is 13.6. The smallest absolute Gasteiger partial charge is 0.868 e. The number of nitrogens with one attached hydrogen (secondary N) is 1. The number of rotatable bonds is 4. The van der Waals surface area contributed by atoms with Gasteiger partial charge in [0.25, 0.3) is 0 Å². The van der Waals surface area contributed by atoms with E-state index in [9.17, 15) is 5.11 Å². The summed E-state index contributed by atoms with van der Waals surface area (Å²) in [5.41, 5.74) is 8.71. The molecular formula is C42H27LiN3O+. The van der Waals surface area contributed by atoms with E-state index in [2.05, 4.69) is 113 Å². The van der Waals surface area contributed by atoms with Gasteiger partial charge in [-0.1, -0.05) is 91.0 Å². The van der Waals surface area contributed by atoms with E-state index in [0.717, 1.165) is 71.7 Å². The number of aromatic amines is 1. The normalized spacial score (nSPS) is 11.3. The Bertz CT molecular complexity index is 2610. The zero-order chi connectivity index (χ0) is 30.6. The second-order valence-corrected chi connectivity index (χ2v) is 11.7. The van der Waals surface area contributed by atoms with Crippen LogP contribution in [0.2, 0.25) is 0 Å². The molecule has 0 amide bonds. The number of imidazole rings is 1. The molecule has 1 N–H and O–H groups in total. The number of nitrogens with zero attached hydrogens (tertiary/aromatic N) is 2. The third kappa shape index (κ3) is 4.78. The van der Waals surface area contributed by atoms with Gasteiger partial charge >= 0.3 is 18.9 Å². The third-order valence-electron chi connectivity index (χ3n) is 8.97. The first kappa shape index (κ1) is 28.8. The van der Waals surface area contributed by atoms with Crippen molar-refractivity contribution in [2.45, 2.75) is 0 Å². The standard InChI is InChI=1S/C42H27N3O.Li/c46-41-35(22-21-27-14-9-23-43-40(27)41)34-18-8-12-30-25-36-29(26-37(30)34)11-7-17-33(36)28-10-6-13-31(24-28)42-44-38-19-4-5-20-39(38)45(42)32-15-2-1-3-16-32;/h1-26,46H;/q;+1. The topological polar surface area (TPSA) is 55.0 Å². The summed E-state index contributed by atoms with van der Waals surface area (Å²) in [6.45, 7) is 0. The number of para-hydroxylation sites is 3. The molecular weight excluding hydrogens is 569 g/mol. The van der Waals surface area contributed by atoms with Crippen molar-refractivity contribution in [2.24, 2.45) is 0 Å². The molecule has 0 bridgehead atoms. The third-order valence-corrected chi connectivity index (χ3v) is 8.97. The molecule has 9 aromatic rings. The molecule has 7 aromatic carbocycles. The van der Waals surface area contributed by atoms with E-state index >= 15 is 0 Å². The quantitative estimate of drug-likeness (QED) is 0.175. The van der Waals surface area contributed by atoms with Crippen molar-refractivity contribution in [2.75, 3.05) is 0 Å². The van der Waals surface area contributed by atoms with Crippen molar-refractivity contribution in [1.82, 2.24) is 9.55 Å². The molecule has 216 valence electrons. The van der Waals surface area contributed by atoms with Crippen LogP contribution in [-0.2, 0) is 0 Å². The minimum absolute atomic E-state index is 0. The summed E-state index contributed by atoms with van der Waals surface area (Å²) < 4.78 is 2.24. The Hall–Kier alpha value is -5.66. The van der Waals surface area contributed by atoms with Crippen LogP contribution in [0.4, 0.5) is 0 Å². The first-order valence-corrected chi connectivity index (χ1v) is 15.4. The van der Waals surface area contributed by atoms with Crippen molar-refractivity contribution >= 4 is 43.5 Å². The predicted octanol–water partition coefficient (Wildman–Crippen LogP) is 6.38. The molecule has 0 aliphatic rings. The van der Waals surface area contributed by atoms with Gasteiger partial charge in [-0.3, -0.25) is 4.57 Å². The monoisotopic (exact) mass is 596 g/mol. The van der Waals surface area contributed by atoms with Gasteiger partial charge in [0, 0.05) is 22.7 Å². The molecule has 0 unspecified atom stereocenters. The van der Waals surface area contributed by atoms with Crippen LogP contribution in [0, 0.1) is 0 Å². The van der Waals surface area contributed by atoms with Gasteiger partial charge in [-0.15, -0.1) is 0 Å². The molecule has 0 fully saturated rings. The summed E-state index contributed by atoms with van der Waals surface area (Å²) in [5.74, 6) is 0.920. The van der Waals surface area contributed by atoms with Gasteiger partial charge in [0.05, 0.1) is 11.0 Å². The van der Waals surface area contributed by atoms with E-state index in [1.54, 1.807) is 6.20 Å². The molecule has 0 saturated carbocycles. The fraction of sp³-hybridized carbons (Fsp3) is 0. The Morgan fingerprint density at radius 2 is 1.21 bits per heavy atom. The first-order valence-electron chi connectivity index (χ1n) is 15.4. The van der Waals surface area contributed by atoms with E-state index in [1.807, 2.05) is 48.5 Å². The summed E-state index contributed by atoms with van der Waals surface area (Å²) in [4.78, 5) is 8.25. The fourth-order valence-electron chi connectivity index (χ4n) is 6.80. The second-order valence-electron chi connectivity index (χ2n) is 11.7. The van der Waals surface area contributed by atoms with Crippen LogP contribution in [0.25, 0.3) is 82.8 Å². The molecule has 0 radical (unpaired) electrons. The second kappa shape index (κ2) is 11.6. The Kier molecular flexibility index (Phi) is 7.11. The molecule has 0 atom stereocenters. The van der Waals surface area contributed by atoms with Crippen molar-refractivity contribution in [3.63, 3.8) is 0 Å². The number of hydrogen-bond donors (Lipinski definition) is 0. The minimum Gasteiger partial charge on any atom is -0.868 e. The van der Waals surface area contributed by atoms with Gasteiger partial charge in [-0.2, -0.15) is 0 Å². The molecule has 5 heteroatoms. The minimum atomic E-state index is 0. The molecule has 9 rings (SSSR count). The van der Waals surface area contributed by atoms with Crippen LogP contribution < -0.4 is 29.0 Å². The van der Waals surface area contributed by atoms with Crippen LogP contribution in [-0.4, -0.2) is 9.55 Å². The van der Waals surface area contributed by atoms with Crippen molar-refractivity contribution in [1.29, 1.82) is 0 Å². The maximum Gasteiger partial charge on any atom is 1.00 e. The van der Waals surface area contributed by atoms with Crippen LogP contribution >= 0.6 is 0 Å². The number of pyridine rings is 1. The van der Waals surface area contributed by atoms with Gasteiger partial charge in [-0.25, -0.2) is 9.97 Å². The number of aromatic nitrogens is 3. The van der Waals surface area contributed by atoms with Gasteiger partial charge in [0.2, 0.25) is 5.52 Å². The maximum atomic E-state index is 13.6. The zero-order valence-corrected chi connectivity index (χ0v) is 25.8. The van der Waals surface area contributed by atoms with E-state index in [4.69, 9.17) is 4.98 Å². The molecule has 2 heterocycles. The molecule has 0 aliphatic carbocycles. The summed E-state index contributed by atoms with van der Waals surface area (Å²) >= 11 is 0. The van der Waals surface area contributed by atoms with Crippen LogP contribution in [0.15, 0.2) is 158 Å². The SMILES string of the molecule is [Li+].[O-]c1c(-c2cccc3cc4c(-c5cccc(-c6nc7ccccc7n6-c6ccccc6)c5)cccc4cc23)ccc2ccc[nH+]c12. The van der Waals surface area contributed by atoms with Crippen molar-refractivity contribution in [3.8, 4) is 45.1 Å². The number of hydrogen-bond acceptors (Lipinski definition) is 2. The Labute approximate surface area is 283 Å². The summed E-state index contributed by atoms with van der Waals surface area (Å²) in [7, 11) is 0. The number of H-pyrrole nitrogens is 1. The zero-order valence-electron chi connectivity index (χ0n) is 25.8. The summed E-state index contributed by atoms with van der Waals surface area (Å²) in [6, 6.07) is 52.3. The molecule has 47 heavy (non-hydrogen) atoms. The number of benzene rings is 7. The summed E-state index contributed by atoms with van der Waals surface area (Å²) in [5, 5.41) is 18.9. The van der Waals surface area contributed by atoms with Crippen molar-refractivity contribution < 1.29 is 29.0 Å². The Morgan fingerprint density at radius 1 is 0.532 bits per heavy atom. The van der Waals surface area contributed by atoms with E-state index in [-0.39, 0.29) is 24.6 Å². The van der Waals surface area contributed by atoms with E-state index in [0.29, 0.717) is 11.1 Å². The largest absolute Gasteiger partial charge is 1.00 e. The Balaban J connectivity index is 0.00000324. The Morgan fingerprint density at radius 3 is 2.04 bits per heavy atom. The van der Waals surface area contributed by atoms with E-state index < -0.39 is 0 Å². The first-order chi connectivity index (χ1) is 22.7. The van der Waals surface area contributed by atoms with Crippen LogP contribution in [0.1, 0.15) is 0 Å². The average Bonchev–Trinajstić information content (AvgIpc) is 3.51. The van der Waals surface area contributed by atoms with E-state index in [1.165, 1.54) is 0 Å². The molecule has 0 aliphatic heterocycles. The number of fused-ring (bicyclic) bond motifs is 4. The molecule has 0 saturated heterocycles. The summed E-state index contributed by atoms with van der Waals surface area (Å²) in [6.07, 6.45) is 1.80.